The van der Waals surface area contributed by atoms with E-state index in [0.717, 1.165) is 0 Å². The number of nitrogen functional groups attached to an aromatic ring is 1. The van der Waals surface area contributed by atoms with Crippen molar-refractivity contribution in [3.63, 3.8) is 0 Å². The number of hydrogen-bond acceptors (Lipinski definition) is 4. The summed E-state index contributed by atoms with van der Waals surface area (Å²) in [5, 5.41) is 3.28. The number of anilines is 1. The lowest BCUT2D eigenvalue weighted by Gasteiger charge is -2.06. The van der Waals surface area contributed by atoms with E-state index < -0.39 is 38.7 Å². The van der Waals surface area contributed by atoms with Crippen LogP contribution in [-0.4, -0.2) is 13.4 Å². The van der Waals surface area contributed by atoms with Gasteiger partial charge in [-0.15, -0.1) is 0 Å². The first-order valence-electron chi connectivity index (χ1n) is 3.50. The highest BCUT2D eigenvalue weighted by molar-refractivity contribution is 7.89. The van der Waals surface area contributed by atoms with Crippen molar-refractivity contribution in [2.45, 2.75) is 11.5 Å². The first-order chi connectivity index (χ1) is 6.73. The van der Waals surface area contributed by atoms with E-state index in [1.807, 2.05) is 0 Å². The number of nitrogens with zero attached hydrogens (tertiary/aromatic N) is 1. The Morgan fingerprint density at radius 3 is 2.33 bits per heavy atom. The van der Waals surface area contributed by atoms with Gasteiger partial charge in [0.15, 0.2) is 5.82 Å². The lowest BCUT2D eigenvalue weighted by Crippen LogP contribution is -2.18. The molecule has 0 aliphatic heterocycles. The molecule has 0 unspecified atom stereocenters. The van der Waals surface area contributed by atoms with E-state index in [-0.39, 0.29) is 0 Å². The van der Waals surface area contributed by atoms with Crippen molar-refractivity contribution in [3.8, 4) is 0 Å². The second-order valence-corrected chi connectivity index (χ2v) is 4.08. The Balaban J connectivity index is 3.56. The van der Waals surface area contributed by atoms with Gasteiger partial charge in [-0.2, -0.15) is 0 Å². The molecule has 0 bridgehead atoms. The van der Waals surface area contributed by atoms with Gasteiger partial charge in [-0.05, 0) is 6.07 Å². The van der Waals surface area contributed by atoms with Crippen LogP contribution in [0.2, 0.25) is 0 Å². The molecule has 9 heteroatoms. The van der Waals surface area contributed by atoms with Crippen molar-refractivity contribution in [2.75, 3.05) is 5.73 Å². The molecule has 0 spiro atoms. The Morgan fingerprint density at radius 1 is 1.40 bits per heavy atom. The van der Waals surface area contributed by atoms with Crippen LogP contribution in [-0.2, 0) is 10.0 Å². The summed E-state index contributed by atoms with van der Waals surface area (Å²) in [5.74, 6) is -2.22. The molecule has 0 amide bonds. The van der Waals surface area contributed by atoms with Crippen LogP contribution in [0.3, 0.4) is 0 Å². The second kappa shape index (κ2) is 3.66. The lowest BCUT2D eigenvalue weighted by atomic mass is 10.2. The Morgan fingerprint density at radius 2 is 1.93 bits per heavy atom. The van der Waals surface area contributed by atoms with Crippen LogP contribution in [0.25, 0.3) is 0 Å². The van der Waals surface area contributed by atoms with Gasteiger partial charge in [-0.1, -0.05) is 0 Å². The van der Waals surface area contributed by atoms with E-state index >= 15 is 0 Å². The number of rotatable bonds is 2. The minimum atomic E-state index is -4.51. The minimum absolute atomic E-state index is 0.546. The number of halogens is 3. The van der Waals surface area contributed by atoms with Crippen LogP contribution in [0.4, 0.5) is 19.0 Å². The molecule has 1 rings (SSSR count). The Kier molecular flexibility index (Phi) is 2.86. The van der Waals surface area contributed by atoms with E-state index in [1.54, 1.807) is 0 Å². The third kappa shape index (κ3) is 2.36. The minimum Gasteiger partial charge on any atom is -0.384 e. The molecular formula is C6H6F3N3O2S. The molecule has 0 aliphatic carbocycles. The fourth-order valence-corrected chi connectivity index (χ4v) is 1.49. The molecule has 0 atom stereocenters. The van der Waals surface area contributed by atoms with Gasteiger partial charge in [0.05, 0.1) is 5.56 Å². The summed E-state index contributed by atoms with van der Waals surface area (Å²) in [7, 11) is -4.51. The SMILES string of the molecule is Nc1cc(C(F)F)c(F)c(S(N)(=O)=O)n1. The van der Waals surface area contributed by atoms with Gasteiger partial charge >= 0.3 is 0 Å². The average molecular weight is 241 g/mol. The lowest BCUT2D eigenvalue weighted by molar-refractivity contribution is 0.145. The molecular weight excluding hydrogens is 235 g/mol. The zero-order valence-electron chi connectivity index (χ0n) is 7.12. The zero-order valence-corrected chi connectivity index (χ0v) is 7.93. The molecule has 1 heterocycles. The van der Waals surface area contributed by atoms with Gasteiger partial charge in [-0.25, -0.2) is 31.7 Å². The maximum Gasteiger partial charge on any atom is 0.266 e. The number of aromatic nitrogens is 1. The van der Waals surface area contributed by atoms with Crippen LogP contribution >= 0.6 is 0 Å². The normalized spacial score (nSPS) is 12.1. The highest BCUT2D eigenvalue weighted by atomic mass is 32.2. The van der Waals surface area contributed by atoms with Crippen molar-refractivity contribution in [2.24, 2.45) is 5.14 Å². The first kappa shape index (κ1) is 11.7. The molecule has 0 saturated heterocycles. The maximum atomic E-state index is 13.1. The molecule has 0 aliphatic rings. The quantitative estimate of drug-likeness (QED) is 0.782. The maximum absolute atomic E-state index is 13.1. The van der Waals surface area contributed by atoms with Crippen molar-refractivity contribution < 1.29 is 21.6 Å². The van der Waals surface area contributed by atoms with Crippen molar-refractivity contribution in [3.05, 3.63) is 17.4 Å². The van der Waals surface area contributed by atoms with E-state index in [1.165, 1.54) is 0 Å². The third-order valence-electron chi connectivity index (χ3n) is 1.48. The third-order valence-corrected chi connectivity index (χ3v) is 2.29. The zero-order chi connectivity index (χ0) is 11.8. The Labute approximate surface area is 83.0 Å². The Hall–Kier alpha value is -1.35. The summed E-state index contributed by atoms with van der Waals surface area (Å²) in [5.41, 5.74) is 3.88. The van der Waals surface area contributed by atoms with Crippen LogP contribution in [0.5, 0.6) is 0 Å². The molecule has 4 N–H and O–H groups in total. The van der Waals surface area contributed by atoms with Crippen molar-refractivity contribution in [1.82, 2.24) is 4.98 Å². The number of alkyl halides is 2. The molecule has 0 fully saturated rings. The van der Waals surface area contributed by atoms with Crippen LogP contribution in [0.1, 0.15) is 12.0 Å². The molecule has 15 heavy (non-hydrogen) atoms. The number of sulfonamides is 1. The highest BCUT2D eigenvalue weighted by Gasteiger charge is 2.24. The predicted molar refractivity (Wildman–Crippen MR) is 44.9 cm³/mol. The van der Waals surface area contributed by atoms with E-state index in [0.29, 0.717) is 6.07 Å². The number of pyridine rings is 1. The monoisotopic (exact) mass is 241 g/mol. The molecule has 0 radical (unpaired) electrons. The molecule has 84 valence electrons. The largest absolute Gasteiger partial charge is 0.384 e. The molecule has 1 aromatic heterocycles. The van der Waals surface area contributed by atoms with Crippen LogP contribution in [0.15, 0.2) is 11.1 Å². The fraction of sp³-hybridized carbons (Fsp3) is 0.167. The second-order valence-electron chi connectivity index (χ2n) is 2.60. The predicted octanol–water partition coefficient (Wildman–Crippen LogP) is 0.388. The van der Waals surface area contributed by atoms with Crippen molar-refractivity contribution >= 4 is 15.8 Å². The van der Waals surface area contributed by atoms with E-state index in [9.17, 15) is 21.6 Å². The molecule has 1 aromatic rings. The topological polar surface area (TPSA) is 99.1 Å². The first-order valence-corrected chi connectivity index (χ1v) is 5.05. The summed E-state index contributed by atoms with van der Waals surface area (Å²) in [4.78, 5) is 3.04. The van der Waals surface area contributed by atoms with Gasteiger partial charge in [-0.3, -0.25) is 0 Å². The summed E-state index contributed by atoms with van der Waals surface area (Å²) in [6.45, 7) is 0. The van der Waals surface area contributed by atoms with Gasteiger partial charge in [0, 0.05) is 0 Å². The summed E-state index contributed by atoms with van der Waals surface area (Å²) < 4.78 is 59.1. The van der Waals surface area contributed by atoms with Gasteiger partial charge in [0.1, 0.15) is 5.82 Å². The van der Waals surface area contributed by atoms with Gasteiger partial charge < -0.3 is 5.73 Å². The van der Waals surface area contributed by atoms with E-state index in [4.69, 9.17) is 5.73 Å². The van der Waals surface area contributed by atoms with Crippen molar-refractivity contribution in [1.29, 1.82) is 0 Å². The smallest absolute Gasteiger partial charge is 0.266 e. The number of nitrogens with two attached hydrogens (primary N) is 2. The standard InChI is InChI=1S/C6H6F3N3O2S/c7-4-2(5(8)9)1-3(10)12-6(4)15(11,13)14/h1,5H,(H2,10,12)(H2,11,13,14). The van der Waals surface area contributed by atoms with E-state index in [2.05, 4.69) is 10.1 Å². The fourth-order valence-electron chi connectivity index (χ4n) is 0.892. The molecule has 0 aromatic carbocycles. The summed E-state index contributed by atoms with van der Waals surface area (Å²) in [6.07, 6.45) is -3.20. The Bertz CT molecular complexity index is 489. The number of primary sulfonamides is 1. The van der Waals surface area contributed by atoms with Gasteiger partial charge in [0.25, 0.3) is 16.4 Å². The number of hydrogen-bond donors (Lipinski definition) is 2. The molecule has 5 nitrogen and oxygen atoms in total. The van der Waals surface area contributed by atoms with Crippen LogP contribution < -0.4 is 10.9 Å². The average Bonchev–Trinajstić information content (AvgIpc) is 2.06. The summed E-state index contributed by atoms with van der Waals surface area (Å²) in [6, 6.07) is 0.550. The molecule has 0 saturated carbocycles. The van der Waals surface area contributed by atoms with Gasteiger partial charge in [0.2, 0.25) is 5.03 Å². The van der Waals surface area contributed by atoms with Crippen LogP contribution in [0, 0.1) is 5.82 Å². The summed E-state index contributed by atoms with van der Waals surface area (Å²) >= 11 is 0. The highest BCUT2D eigenvalue weighted by Crippen LogP contribution is 2.26.